The highest BCUT2D eigenvalue weighted by Gasteiger charge is 2.11. The average molecular weight is 244 g/mol. The Kier molecular flexibility index (Phi) is 5.66. The maximum atomic E-state index is 12.1. The molecule has 96 valence electrons. The summed E-state index contributed by atoms with van der Waals surface area (Å²) < 4.78 is 30.1. The molecule has 0 bridgehead atoms. The molecular formula is C12H18F2N2O. The highest BCUT2D eigenvalue weighted by molar-refractivity contribution is 5.16. The van der Waals surface area contributed by atoms with Gasteiger partial charge in [-0.2, -0.15) is 8.78 Å². The molecule has 1 heterocycles. The minimum Gasteiger partial charge on any atom is -0.415 e. The first kappa shape index (κ1) is 13.7. The quantitative estimate of drug-likeness (QED) is 0.517. The summed E-state index contributed by atoms with van der Waals surface area (Å²) in [7, 11) is 0. The lowest BCUT2D eigenvalue weighted by Crippen LogP contribution is -2.05. The Bertz CT molecular complexity index is 350. The van der Waals surface area contributed by atoms with Crippen molar-refractivity contribution >= 4 is 0 Å². The summed E-state index contributed by atoms with van der Waals surface area (Å²) in [5.74, 6) is -0.0200. The summed E-state index contributed by atoms with van der Waals surface area (Å²) in [6.07, 6.45) is 5.76. The molecule has 1 aromatic heterocycles. The first-order valence-corrected chi connectivity index (χ1v) is 5.79. The van der Waals surface area contributed by atoms with Gasteiger partial charge in [0.2, 0.25) is 5.88 Å². The van der Waals surface area contributed by atoms with E-state index < -0.39 is 6.61 Å². The third-order valence-electron chi connectivity index (χ3n) is 2.39. The summed E-state index contributed by atoms with van der Waals surface area (Å²) in [4.78, 5) is 0. The standard InChI is InChI=1S/C12H18F2N2O/c1-3-5-6-7-10-9-11(17-12(13)14)15-16(10)8-4-2/h4,9,12H,2-3,5-8H2,1H3. The largest absolute Gasteiger partial charge is 0.415 e. The van der Waals surface area contributed by atoms with Crippen LogP contribution in [-0.4, -0.2) is 16.4 Å². The Hall–Kier alpha value is -1.39. The third-order valence-corrected chi connectivity index (χ3v) is 2.39. The predicted molar refractivity (Wildman–Crippen MR) is 62.3 cm³/mol. The van der Waals surface area contributed by atoms with Crippen molar-refractivity contribution in [2.45, 2.75) is 45.8 Å². The molecular weight excluding hydrogens is 226 g/mol. The van der Waals surface area contributed by atoms with Gasteiger partial charge in [0.1, 0.15) is 0 Å². The third kappa shape index (κ3) is 4.54. The van der Waals surface area contributed by atoms with Gasteiger partial charge in [0.15, 0.2) is 0 Å². The molecule has 1 rings (SSSR count). The second kappa shape index (κ2) is 7.04. The Morgan fingerprint density at radius 2 is 2.29 bits per heavy atom. The summed E-state index contributed by atoms with van der Waals surface area (Å²) in [5.41, 5.74) is 0.911. The number of ether oxygens (including phenoxy) is 1. The van der Waals surface area contributed by atoms with Crippen LogP contribution < -0.4 is 4.74 Å². The lowest BCUT2D eigenvalue weighted by atomic mass is 10.1. The summed E-state index contributed by atoms with van der Waals surface area (Å²) >= 11 is 0. The van der Waals surface area contributed by atoms with Crippen molar-refractivity contribution in [3.63, 3.8) is 0 Å². The lowest BCUT2D eigenvalue weighted by Gasteiger charge is -2.03. The maximum absolute atomic E-state index is 12.1. The molecule has 0 amide bonds. The van der Waals surface area contributed by atoms with Gasteiger partial charge in [-0.3, -0.25) is 4.68 Å². The van der Waals surface area contributed by atoms with E-state index in [0.29, 0.717) is 6.54 Å². The fourth-order valence-corrected chi connectivity index (χ4v) is 1.62. The van der Waals surface area contributed by atoms with Gasteiger partial charge in [0.25, 0.3) is 0 Å². The second-order valence-corrected chi connectivity index (χ2v) is 3.78. The molecule has 0 saturated carbocycles. The van der Waals surface area contributed by atoms with E-state index in [-0.39, 0.29) is 5.88 Å². The van der Waals surface area contributed by atoms with Crippen LogP contribution in [0.15, 0.2) is 18.7 Å². The SMILES string of the molecule is C=CCn1nc(OC(F)F)cc1CCCCC. The lowest BCUT2D eigenvalue weighted by molar-refractivity contribution is -0.0531. The molecule has 0 fully saturated rings. The topological polar surface area (TPSA) is 27.1 Å². The predicted octanol–water partition coefficient (Wildman–Crippen LogP) is 3.40. The number of nitrogens with zero attached hydrogens (tertiary/aromatic N) is 2. The fraction of sp³-hybridized carbons (Fsp3) is 0.583. The van der Waals surface area contributed by atoms with Crippen molar-refractivity contribution in [2.24, 2.45) is 0 Å². The van der Waals surface area contributed by atoms with Crippen molar-refractivity contribution in [3.8, 4) is 5.88 Å². The molecule has 0 atom stereocenters. The first-order valence-electron chi connectivity index (χ1n) is 5.79. The van der Waals surface area contributed by atoms with Crippen LogP contribution in [0.3, 0.4) is 0 Å². The molecule has 1 aromatic rings. The molecule has 0 unspecified atom stereocenters. The first-order chi connectivity index (χ1) is 8.17. The van der Waals surface area contributed by atoms with E-state index >= 15 is 0 Å². The van der Waals surface area contributed by atoms with E-state index in [0.717, 1.165) is 31.4 Å². The molecule has 0 radical (unpaired) electrons. The molecule has 0 aliphatic carbocycles. The molecule has 0 N–H and O–H groups in total. The van der Waals surface area contributed by atoms with Crippen molar-refractivity contribution in [2.75, 3.05) is 0 Å². The van der Waals surface area contributed by atoms with Crippen molar-refractivity contribution in [1.29, 1.82) is 0 Å². The van der Waals surface area contributed by atoms with Crippen LogP contribution in [0.25, 0.3) is 0 Å². The highest BCUT2D eigenvalue weighted by atomic mass is 19.3. The Labute approximate surface area is 100 Å². The van der Waals surface area contributed by atoms with E-state index in [1.807, 2.05) is 0 Å². The molecule has 0 saturated heterocycles. The molecule has 3 nitrogen and oxygen atoms in total. The minimum absolute atomic E-state index is 0.0200. The monoisotopic (exact) mass is 244 g/mol. The van der Waals surface area contributed by atoms with Gasteiger partial charge >= 0.3 is 6.61 Å². The number of alkyl halides is 2. The van der Waals surface area contributed by atoms with Crippen molar-refractivity contribution in [3.05, 3.63) is 24.4 Å². The minimum atomic E-state index is -2.83. The van der Waals surface area contributed by atoms with Crippen molar-refractivity contribution in [1.82, 2.24) is 9.78 Å². The number of allylic oxidation sites excluding steroid dienone is 1. The van der Waals surface area contributed by atoms with E-state index in [9.17, 15) is 8.78 Å². The molecule has 0 aliphatic heterocycles. The van der Waals surface area contributed by atoms with Gasteiger partial charge in [-0.25, -0.2) is 0 Å². The molecule has 5 heteroatoms. The molecule has 17 heavy (non-hydrogen) atoms. The van der Waals surface area contributed by atoms with Gasteiger partial charge in [0.05, 0.1) is 6.54 Å². The van der Waals surface area contributed by atoms with Gasteiger partial charge in [-0.15, -0.1) is 11.7 Å². The normalized spacial score (nSPS) is 10.8. The number of hydrogen-bond acceptors (Lipinski definition) is 2. The summed E-state index contributed by atoms with van der Waals surface area (Å²) in [5, 5.41) is 3.96. The molecule has 0 aliphatic rings. The zero-order chi connectivity index (χ0) is 12.7. The number of rotatable bonds is 8. The van der Waals surface area contributed by atoms with Crippen LogP contribution in [0.2, 0.25) is 0 Å². The van der Waals surface area contributed by atoms with Crippen LogP contribution >= 0.6 is 0 Å². The number of hydrogen-bond donors (Lipinski definition) is 0. The van der Waals surface area contributed by atoms with Gasteiger partial charge in [-0.1, -0.05) is 25.8 Å². The van der Waals surface area contributed by atoms with Gasteiger partial charge in [-0.05, 0) is 12.8 Å². The number of aromatic nitrogens is 2. The molecule has 0 aromatic carbocycles. The van der Waals surface area contributed by atoms with E-state index in [4.69, 9.17) is 0 Å². The average Bonchev–Trinajstić information content (AvgIpc) is 2.61. The van der Waals surface area contributed by atoms with Crippen molar-refractivity contribution < 1.29 is 13.5 Å². The zero-order valence-electron chi connectivity index (χ0n) is 10.0. The summed E-state index contributed by atoms with van der Waals surface area (Å²) in [6, 6.07) is 1.57. The van der Waals surface area contributed by atoms with E-state index in [1.165, 1.54) is 0 Å². The van der Waals surface area contributed by atoms with Crippen LogP contribution in [0, 0.1) is 0 Å². The fourth-order valence-electron chi connectivity index (χ4n) is 1.62. The number of unbranched alkanes of at least 4 members (excludes halogenated alkanes) is 2. The molecule has 0 spiro atoms. The Balaban J connectivity index is 2.69. The number of aryl methyl sites for hydroxylation is 1. The Morgan fingerprint density at radius 1 is 1.53 bits per heavy atom. The van der Waals surface area contributed by atoms with E-state index in [2.05, 4.69) is 23.3 Å². The number of halogens is 2. The smallest absolute Gasteiger partial charge is 0.388 e. The maximum Gasteiger partial charge on any atom is 0.388 e. The zero-order valence-corrected chi connectivity index (χ0v) is 10.0. The Morgan fingerprint density at radius 3 is 2.88 bits per heavy atom. The van der Waals surface area contributed by atoms with Gasteiger partial charge < -0.3 is 4.74 Å². The van der Waals surface area contributed by atoms with Crippen LogP contribution in [0.4, 0.5) is 8.78 Å². The van der Waals surface area contributed by atoms with Crippen LogP contribution in [0.5, 0.6) is 5.88 Å². The van der Waals surface area contributed by atoms with Crippen LogP contribution in [0.1, 0.15) is 31.9 Å². The summed E-state index contributed by atoms with van der Waals surface area (Å²) in [6.45, 7) is 3.41. The highest BCUT2D eigenvalue weighted by Crippen LogP contribution is 2.17. The van der Waals surface area contributed by atoms with E-state index in [1.54, 1.807) is 16.8 Å². The van der Waals surface area contributed by atoms with Crippen LogP contribution in [-0.2, 0) is 13.0 Å². The second-order valence-electron chi connectivity index (χ2n) is 3.78. The van der Waals surface area contributed by atoms with Gasteiger partial charge in [0, 0.05) is 11.8 Å².